The molecular weight excluding hydrogens is 234 g/mol. The van der Waals surface area contributed by atoms with E-state index < -0.39 is 0 Å². The quantitative estimate of drug-likeness (QED) is 0.778. The second kappa shape index (κ2) is 5.79. The summed E-state index contributed by atoms with van der Waals surface area (Å²) in [6, 6.07) is 9.94. The first kappa shape index (κ1) is 13.5. The number of hydrogen-bond acceptors (Lipinski definition) is 2. The maximum atomic E-state index is 12.2. The molecule has 0 aliphatic heterocycles. The molecule has 0 atom stereocenters. The highest BCUT2D eigenvalue weighted by Crippen LogP contribution is 2.12. The lowest BCUT2D eigenvalue weighted by atomic mass is 10.0. The Balaban J connectivity index is 2.15. The van der Waals surface area contributed by atoms with Crippen LogP contribution >= 0.6 is 0 Å². The van der Waals surface area contributed by atoms with Crippen LogP contribution in [0.3, 0.4) is 0 Å². The summed E-state index contributed by atoms with van der Waals surface area (Å²) in [5.74, 6) is 0.128. The van der Waals surface area contributed by atoms with Crippen LogP contribution in [0.25, 0.3) is 0 Å². The molecule has 0 fully saturated rings. The zero-order valence-corrected chi connectivity index (χ0v) is 11.7. The zero-order chi connectivity index (χ0) is 13.8. The molecule has 0 spiro atoms. The number of ketones is 1. The first-order chi connectivity index (χ1) is 9.08. The van der Waals surface area contributed by atoms with Gasteiger partial charge in [-0.3, -0.25) is 9.78 Å². The molecule has 0 saturated carbocycles. The molecule has 0 amide bonds. The molecule has 0 unspecified atom stereocenters. The van der Waals surface area contributed by atoms with E-state index in [1.165, 1.54) is 5.56 Å². The third kappa shape index (κ3) is 3.50. The average Bonchev–Trinajstić information content (AvgIpc) is 2.38. The number of Topliss-reactive ketones (excluding diaryl/α,β-unsaturated/α-hetero) is 1. The molecule has 0 radical (unpaired) electrons. The van der Waals surface area contributed by atoms with Gasteiger partial charge < -0.3 is 0 Å². The maximum absolute atomic E-state index is 12.2. The fourth-order valence-electron chi connectivity index (χ4n) is 2.17. The predicted molar refractivity (Wildman–Crippen MR) is 77.6 cm³/mol. The highest BCUT2D eigenvalue weighted by atomic mass is 16.1. The Bertz CT molecular complexity index is 564. The first-order valence-corrected chi connectivity index (χ1v) is 6.64. The summed E-state index contributed by atoms with van der Waals surface area (Å²) in [5, 5.41) is 0. The second-order valence-corrected chi connectivity index (χ2v) is 4.99. The lowest BCUT2D eigenvalue weighted by Gasteiger charge is -2.05. The number of nitrogens with zero attached hydrogens (tertiary/aromatic N) is 1. The van der Waals surface area contributed by atoms with Crippen LogP contribution in [0.5, 0.6) is 0 Å². The van der Waals surface area contributed by atoms with Gasteiger partial charge in [-0.1, -0.05) is 30.2 Å². The number of benzene rings is 1. The monoisotopic (exact) mass is 253 g/mol. The van der Waals surface area contributed by atoms with Crippen molar-refractivity contribution in [1.82, 2.24) is 4.98 Å². The summed E-state index contributed by atoms with van der Waals surface area (Å²) in [6.45, 7) is 6.12. The smallest absolute Gasteiger partial charge is 0.168 e. The van der Waals surface area contributed by atoms with Crippen LogP contribution in [0.15, 0.2) is 36.5 Å². The van der Waals surface area contributed by atoms with E-state index in [-0.39, 0.29) is 5.78 Å². The first-order valence-electron chi connectivity index (χ1n) is 6.64. The molecule has 2 heteroatoms. The van der Waals surface area contributed by atoms with E-state index in [2.05, 4.69) is 18.0 Å². The number of aromatic nitrogens is 1. The Labute approximate surface area is 114 Å². The van der Waals surface area contributed by atoms with Gasteiger partial charge in [0.05, 0.1) is 6.42 Å². The fraction of sp³-hybridized carbons (Fsp3) is 0.294. The van der Waals surface area contributed by atoms with Crippen molar-refractivity contribution in [2.75, 3.05) is 0 Å². The molecule has 2 aromatic rings. The average molecular weight is 253 g/mol. The molecule has 1 aromatic carbocycles. The van der Waals surface area contributed by atoms with E-state index >= 15 is 0 Å². The topological polar surface area (TPSA) is 30.0 Å². The molecule has 2 nitrogen and oxygen atoms in total. The second-order valence-electron chi connectivity index (χ2n) is 4.99. The zero-order valence-electron chi connectivity index (χ0n) is 11.7. The molecule has 0 saturated heterocycles. The van der Waals surface area contributed by atoms with Crippen LogP contribution in [0.1, 0.15) is 39.7 Å². The van der Waals surface area contributed by atoms with E-state index in [1.807, 2.05) is 44.3 Å². The van der Waals surface area contributed by atoms with Crippen LogP contribution in [0, 0.1) is 13.8 Å². The molecule has 0 bridgehead atoms. The Morgan fingerprint density at radius 3 is 2.32 bits per heavy atom. The largest absolute Gasteiger partial charge is 0.294 e. The van der Waals surface area contributed by atoms with Gasteiger partial charge in [0.1, 0.15) is 0 Å². The van der Waals surface area contributed by atoms with E-state index in [9.17, 15) is 4.79 Å². The third-order valence-electron chi connectivity index (χ3n) is 3.18. The third-order valence-corrected chi connectivity index (χ3v) is 3.18. The summed E-state index contributed by atoms with van der Waals surface area (Å²) in [5.41, 5.74) is 5.05. The highest BCUT2D eigenvalue weighted by Gasteiger charge is 2.09. The number of carbonyl (C=O) groups excluding carboxylic acids is 1. The summed E-state index contributed by atoms with van der Waals surface area (Å²) in [4.78, 5) is 16.6. The SMILES string of the molecule is CCc1ccc(CC(=O)c2cc(C)cc(C)c2)nc1. The molecule has 98 valence electrons. The van der Waals surface area contributed by atoms with E-state index in [1.54, 1.807) is 0 Å². The van der Waals surface area contributed by atoms with Crippen molar-refractivity contribution in [2.24, 2.45) is 0 Å². The molecule has 0 aliphatic rings. The van der Waals surface area contributed by atoms with Gasteiger partial charge in [0.25, 0.3) is 0 Å². The van der Waals surface area contributed by atoms with Crippen molar-refractivity contribution in [2.45, 2.75) is 33.6 Å². The number of hydrogen-bond donors (Lipinski definition) is 0. The summed E-state index contributed by atoms with van der Waals surface area (Å²) < 4.78 is 0. The van der Waals surface area contributed by atoms with Gasteiger partial charge in [-0.15, -0.1) is 0 Å². The van der Waals surface area contributed by atoms with Crippen molar-refractivity contribution >= 4 is 5.78 Å². The van der Waals surface area contributed by atoms with Gasteiger partial charge in [-0.25, -0.2) is 0 Å². The summed E-state index contributed by atoms with van der Waals surface area (Å²) in [7, 11) is 0. The number of pyridine rings is 1. The van der Waals surface area contributed by atoms with Gasteiger partial charge in [-0.05, 0) is 44.0 Å². The number of rotatable bonds is 4. The summed E-state index contributed by atoms with van der Waals surface area (Å²) in [6.07, 6.45) is 3.19. The number of carbonyl (C=O) groups is 1. The van der Waals surface area contributed by atoms with Crippen LogP contribution in [0.4, 0.5) is 0 Å². The van der Waals surface area contributed by atoms with Gasteiger partial charge in [0.15, 0.2) is 5.78 Å². The minimum atomic E-state index is 0.128. The lowest BCUT2D eigenvalue weighted by Crippen LogP contribution is -2.06. The summed E-state index contributed by atoms with van der Waals surface area (Å²) >= 11 is 0. The Morgan fingerprint density at radius 2 is 1.79 bits per heavy atom. The van der Waals surface area contributed by atoms with Gasteiger partial charge in [0.2, 0.25) is 0 Å². The van der Waals surface area contributed by atoms with Crippen LogP contribution in [-0.4, -0.2) is 10.8 Å². The molecule has 19 heavy (non-hydrogen) atoms. The van der Waals surface area contributed by atoms with Crippen molar-refractivity contribution < 1.29 is 4.79 Å². The molecule has 1 heterocycles. The van der Waals surface area contributed by atoms with Crippen molar-refractivity contribution in [3.8, 4) is 0 Å². The molecular formula is C17H19NO. The molecule has 2 rings (SSSR count). The van der Waals surface area contributed by atoms with Gasteiger partial charge >= 0.3 is 0 Å². The van der Waals surface area contributed by atoms with Crippen molar-refractivity contribution in [3.05, 3.63) is 64.5 Å². The normalized spacial score (nSPS) is 10.5. The predicted octanol–water partition coefficient (Wildman–Crippen LogP) is 3.69. The van der Waals surface area contributed by atoms with Gasteiger partial charge in [-0.2, -0.15) is 0 Å². The maximum Gasteiger partial charge on any atom is 0.168 e. The van der Waals surface area contributed by atoms with E-state index in [0.29, 0.717) is 6.42 Å². The Hall–Kier alpha value is -1.96. The Morgan fingerprint density at radius 1 is 1.11 bits per heavy atom. The van der Waals surface area contributed by atoms with Gasteiger partial charge in [0, 0.05) is 17.5 Å². The lowest BCUT2D eigenvalue weighted by molar-refractivity contribution is 0.0992. The van der Waals surface area contributed by atoms with E-state index in [0.717, 1.165) is 28.8 Å². The standard InChI is InChI=1S/C17H19NO/c1-4-14-5-6-16(18-11-14)10-17(19)15-8-12(2)7-13(3)9-15/h5-9,11H,4,10H2,1-3H3. The molecule has 1 aromatic heterocycles. The number of aryl methyl sites for hydroxylation is 3. The van der Waals surface area contributed by atoms with Crippen molar-refractivity contribution in [1.29, 1.82) is 0 Å². The fourth-order valence-corrected chi connectivity index (χ4v) is 2.17. The van der Waals surface area contributed by atoms with Crippen LogP contribution in [-0.2, 0) is 12.8 Å². The highest BCUT2D eigenvalue weighted by molar-refractivity contribution is 5.97. The molecule has 0 N–H and O–H groups in total. The minimum absolute atomic E-state index is 0.128. The molecule has 0 aliphatic carbocycles. The Kier molecular flexibility index (Phi) is 4.10. The van der Waals surface area contributed by atoms with Crippen LogP contribution in [0.2, 0.25) is 0 Å². The minimum Gasteiger partial charge on any atom is -0.294 e. The van der Waals surface area contributed by atoms with E-state index in [4.69, 9.17) is 0 Å². The van der Waals surface area contributed by atoms with Crippen LogP contribution < -0.4 is 0 Å². The van der Waals surface area contributed by atoms with Crippen molar-refractivity contribution in [3.63, 3.8) is 0 Å².